The Morgan fingerprint density at radius 1 is 1.03 bits per heavy atom. The van der Waals surface area contributed by atoms with Crippen LogP contribution in [0, 0.1) is 0 Å². The highest BCUT2D eigenvalue weighted by molar-refractivity contribution is 5.68. The number of hydrogen-bond acceptors (Lipinski definition) is 4. The van der Waals surface area contributed by atoms with Crippen LogP contribution in [0.4, 0.5) is 5.69 Å². The summed E-state index contributed by atoms with van der Waals surface area (Å²) in [5.41, 5.74) is 5.66. The van der Waals surface area contributed by atoms with Gasteiger partial charge in [0.2, 0.25) is 0 Å². The Morgan fingerprint density at radius 3 is 2.40 bits per heavy atom. The molecule has 1 heterocycles. The molecule has 1 aliphatic heterocycles. The van der Waals surface area contributed by atoms with E-state index >= 15 is 0 Å². The lowest BCUT2D eigenvalue weighted by molar-refractivity contribution is -0.137. The molecule has 0 radical (unpaired) electrons. The predicted octanol–water partition coefficient (Wildman–Crippen LogP) is 7.08. The normalized spacial score (nSPS) is 18.7. The molecule has 3 aromatic carbocycles. The third-order valence-electron chi connectivity index (χ3n) is 7.06. The van der Waals surface area contributed by atoms with Crippen LogP contribution in [0.2, 0.25) is 0 Å². The summed E-state index contributed by atoms with van der Waals surface area (Å²) in [6.07, 6.45) is 0.608. The van der Waals surface area contributed by atoms with Gasteiger partial charge in [-0.3, -0.25) is 4.79 Å². The molecule has 3 aromatic rings. The molecular formula is C30H35NO4. The number of hydrogen-bond donors (Lipinski definition) is 2. The zero-order valence-corrected chi connectivity index (χ0v) is 21.0. The summed E-state index contributed by atoms with van der Waals surface area (Å²) in [5.74, 6) is 1.57. The van der Waals surface area contributed by atoms with Crippen LogP contribution in [0.5, 0.6) is 11.5 Å². The summed E-state index contributed by atoms with van der Waals surface area (Å²) in [5, 5.41) is 12.5. The van der Waals surface area contributed by atoms with Gasteiger partial charge in [-0.15, -0.1) is 0 Å². The number of rotatable bonds is 10. The van der Waals surface area contributed by atoms with Crippen LogP contribution in [-0.2, 0) is 16.9 Å². The van der Waals surface area contributed by atoms with Crippen LogP contribution < -0.4 is 14.8 Å². The molecule has 2 N–H and O–H groups in total. The van der Waals surface area contributed by atoms with E-state index in [0.29, 0.717) is 25.6 Å². The van der Waals surface area contributed by atoms with Crippen molar-refractivity contribution in [1.29, 1.82) is 0 Å². The summed E-state index contributed by atoms with van der Waals surface area (Å²) in [6, 6.07) is 22.9. The van der Waals surface area contributed by atoms with Crippen molar-refractivity contribution >= 4 is 11.7 Å². The molecule has 35 heavy (non-hydrogen) atoms. The average molecular weight is 474 g/mol. The van der Waals surface area contributed by atoms with E-state index in [1.165, 1.54) is 11.1 Å². The zero-order valence-electron chi connectivity index (χ0n) is 21.0. The summed E-state index contributed by atoms with van der Waals surface area (Å²) < 4.78 is 12.0. The van der Waals surface area contributed by atoms with E-state index in [1.54, 1.807) is 0 Å². The number of aliphatic carboxylic acids is 1. The summed E-state index contributed by atoms with van der Waals surface area (Å²) >= 11 is 0. The number of carbonyl (C=O) groups is 1. The highest BCUT2D eigenvalue weighted by atomic mass is 16.5. The second-order valence-electron chi connectivity index (χ2n) is 9.82. The highest BCUT2D eigenvalue weighted by Crippen LogP contribution is 2.51. The second kappa shape index (κ2) is 10.4. The Bertz CT molecular complexity index is 1150. The third kappa shape index (κ3) is 5.45. The lowest BCUT2D eigenvalue weighted by atomic mass is 9.80. The summed E-state index contributed by atoms with van der Waals surface area (Å²) in [4.78, 5) is 10.7. The van der Waals surface area contributed by atoms with E-state index < -0.39 is 5.97 Å². The van der Waals surface area contributed by atoms with E-state index in [-0.39, 0.29) is 17.9 Å². The molecule has 0 aromatic heterocycles. The molecular weight excluding hydrogens is 438 g/mol. The highest BCUT2D eigenvalue weighted by Gasteiger charge is 2.42. The average Bonchev–Trinajstić information content (AvgIpc) is 3.12. The third-order valence-corrected chi connectivity index (χ3v) is 7.06. The first-order valence-corrected chi connectivity index (χ1v) is 12.4. The van der Waals surface area contributed by atoms with Crippen LogP contribution >= 0.6 is 0 Å². The first-order valence-electron chi connectivity index (χ1n) is 12.4. The van der Waals surface area contributed by atoms with Gasteiger partial charge in [0, 0.05) is 23.6 Å². The fraction of sp³-hybridized carbons (Fsp3) is 0.367. The molecule has 0 spiro atoms. The van der Waals surface area contributed by atoms with Gasteiger partial charge in [-0.2, -0.15) is 0 Å². The number of ether oxygens (including phenoxy) is 2. The van der Waals surface area contributed by atoms with Crippen molar-refractivity contribution < 1.29 is 19.4 Å². The molecule has 0 bridgehead atoms. The van der Waals surface area contributed by atoms with Gasteiger partial charge in [-0.1, -0.05) is 63.2 Å². The first-order chi connectivity index (χ1) is 16.8. The van der Waals surface area contributed by atoms with Crippen LogP contribution in [0.1, 0.15) is 74.6 Å². The number of carboxylic acids is 1. The van der Waals surface area contributed by atoms with Gasteiger partial charge in [0.15, 0.2) is 0 Å². The van der Waals surface area contributed by atoms with E-state index in [1.807, 2.05) is 18.2 Å². The number of benzene rings is 3. The van der Waals surface area contributed by atoms with Crippen molar-refractivity contribution in [3.05, 3.63) is 89.0 Å². The van der Waals surface area contributed by atoms with Crippen molar-refractivity contribution in [2.45, 2.75) is 64.5 Å². The van der Waals surface area contributed by atoms with Crippen molar-refractivity contribution in [2.75, 3.05) is 11.9 Å². The SMILES string of the molecule is CC(C)c1ccc(COc2cccc3c2C(C)C(C)(c2ccc(OCCCC(=O)O)cc2)N3)cc1. The molecule has 2 unspecified atom stereocenters. The second-order valence-corrected chi connectivity index (χ2v) is 9.82. The largest absolute Gasteiger partial charge is 0.494 e. The van der Waals surface area contributed by atoms with Gasteiger partial charge in [0.1, 0.15) is 18.1 Å². The molecule has 5 heteroatoms. The maximum Gasteiger partial charge on any atom is 0.303 e. The van der Waals surface area contributed by atoms with Gasteiger partial charge in [0.05, 0.1) is 12.1 Å². The van der Waals surface area contributed by atoms with E-state index in [2.05, 4.69) is 81.5 Å². The van der Waals surface area contributed by atoms with Crippen LogP contribution in [0.3, 0.4) is 0 Å². The van der Waals surface area contributed by atoms with Gasteiger partial charge < -0.3 is 19.9 Å². The summed E-state index contributed by atoms with van der Waals surface area (Å²) in [6.45, 7) is 9.78. The molecule has 5 nitrogen and oxygen atoms in total. The number of nitrogens with one attached hydrogen (secondary N) is 1. The smallest absolute Gasteiger partial charge is 0.303 e. The van der Waals surface area contributed by atoms with Crippen LogP contribution in [0.25, 0.3) is 0 Å². The Hall–Kier alpha value is -3.47. The lowest BCUT2D eigenvalue weighted by Crippen LogP contribution is -2.31. The molecule has 4 rings (SSSR count). The fourth-order valence-corrected chi connectivity index (χ4v) is 4.70. The van der Waals surface area contributed by atoms with Crippen molar-refractivity contribution in [3.63, 3.8) is 0 Å². The molecule has 0 saturated heterocycles. The van der Waals surface area contributed by atoms with Gasteiger partial charge in [-0.05, 0) is 60.2 Å². The Kier molecular flexibility index (Phi) is 7.34. The minimum absolute atomic E-state index is 0.115. The number of anilines is 1. The molecule has 0 saturated carbocycles. The zero-order chi connectivity index (χ0) is 25.0. The molecule has 0 amide bonds. The van der Waals surface area contributed by atoms with Crippen LogP contribution in [0.15, 0.2) is 66.7 Å². The maximum absolute atomic E-state index is 10.7. The minimum atomic E-state index is -0.801. The Balaban J connectivity index is 1.45. The molecule has 2 atom stereocenters. The number of fused-ring (bicyclic) bond motifs is 1. The minimum Gasteiger partial charge on any atom is -0.494 e. The monoisotopic (exact) mass is 473 g/mol. The quantitative estimate of drug-likeness (QED) is 0.308. The van der Waals surface area contributed by atoms with Gasteiger partial charge >= 0.3 is 5.97 Å². The Morgan fingerprint density at radius 2 is 1.74 bits per heavy atom. The fourth-order valence-electron chi connectivity index (χ4n) is 4.70. The molecule has 184 valence electrons. The van der Waals surface area contributed by atoms with Crippen molar-refractivity contribution in [1.82, 2.24) is 0 Å². The van der Waals surface area contributed by atoms with E-state index in [0.717, 1.165) is 28.3 Å². The van der Waals surface area contributed by atoms with Crippen molar-refractivity contribution in [3.8, 4) is 11.5 Å². The van der Waals surface area contributed by atoms with E-state index in [4.69, 9.17) is 14.6 Å². The lowest BCUT2D eigenvalue weighted by Gasteiger charge is -2.31. The molecule has 0 fully saturated rings. The van der Waals surface area contributed by atoms with Crippen molar-refractivity contribution in [2.24, 2.45) is 0 Å². The Labute approximate surface area is 208 Å². The topological polar surface area (TPSA) is 67.8 Å². The first kappa shape index (κ1) is 24.6. The van der Waals surface area contributed by atoms with E-state index in [9.17, 15) is 4.79 Å². The predicted molar refractivity (Wildman–Crippen MR) is 140 cm³/mol. The summed E-state index contributed by atoms with van der Waals surface area (Å²) in [7, 11) is 0. The molecule has 0 aliphatic carbocycles. The van der Waals surface area contributed by atoms with Crippen LogP contribution in [-0.4, -0.2) is 17.7 Å². The standard InChI is InChI=1S/C30H35NO4/c1-20(2)23-12-10-22(11-13-23)19-35-27-8-5-7-26-29(27)21(3)30(4,31-26)24-14-16-25(17-15-24)34-18-6-9-28(32)33/h5,7-8,10-17,20-21,31H,6,9,18-19H2,1-4H3,(H,32,33). The van der Waals surface area contributed by atoms with Gasteiger partial charge in [-0.25, -0.2) is 0 Å². The number of carboxylic acid groups (broad SMARTS) is 1. The van der Waals surface area contributed by atoms with Gasteiger partial charge in [0.25, 0.3) is 0 Å². The maximum atomic E-state index is 10.7. The molecule has 1 aliphatic rings.